The van der Waals surface area contributed by atoms with Crippen LogP contribution in [0.15, 0.2) is 50.1 Å². The summed E-state index contributed by atoms with van der Waals surface area (Å²) in [7, 11) is 2.01. The molecule has 1 N–H and O–H groups in total. The zero-order valence-electron chi connectivity index (χ0n) is 15.9. The lowest BCUT2D eigenvalue weighted by atomic mass is 10.0. The van der Waals surface area contributed by atoms with Crippen molar-refractivity contribution in [2.45, 2.75) is 33.2 Å². The van der Waals surface area contributed by atoms with Crippen molar-refractivity contribution in [3.8, 4) is 16.9 Å². The van der Waals surface area contributed by atoms with Crippen LogP contribution in [-0.4, -0.2) is 23.6 Å². The van der Waals surface area contributed by atoms with Gasteiger partial charge in [-0.25, -0.2) is 0 Å². The van der Waals surface area contributed by atoms with Crippen LogP contribution in [0.5, 0.6) is 5.75 Å². The summed E-state index contributed by atoms with van der Waals surface area (Å²) >= 11 is 3.42. The van der Waals surface area contributed by atoms with E-state index in [-0.39, 0.29) is 11.2 Å². The number of fused-ring (bicyclic) bond motifs is 1. The fourth-order valence-corrected chi connectivity index (χ4v) is 3.56. The van der Waals surface area contributed by atoms with Crippen LogP contribution in [0, 0.1) is 6.92 Å². The van der Waals surface area contributed by atoms with Crippen LogP contribution >= 0.6 is 15.9 Å². The van der Waals surface area contributed by atoms with Crippen molar-refractivity contribution >= 4 is 26.9 Å². The van der Waals surface area contributed by atoms with Crippen molar-refractivity contribution in [3.63, 3.8) is 0 Å². The number of hydrogen-bond acceptors (Lipinski definition) is 4. The zero-order chi connectivity index (χ0) is 19.6. The van der Waals surface area contributed by atoms with E-state index in [0.717, 1.165) is 29.4 Å². The molecule has 0 aliphatic heterocycles. The highest BCUT2D eigenvalue weighted by Gasteiger charge is 2.18. The summed E-state index contributed by atoms with van der Waals surface area (Å²) in [4.78, 5) is 15.3. The van der Waals surface area contributed by atoms with Gasteiger partial charge in [-0.15, -0.1) is 0 Å². The molecule has 2 aromatic carbocycles. The summed E-state index contributed by atoms with van der Waals surface area (Å²) in [6.45, 7) is 5.40. The van der Waals surface area contributed by atoms with Crippen LogP contribution in [-0.2, 0) is 6.54 Å². The lowest BCUT2D eigenvalue weighted by Gasteiger charge is -2.18. The predicted octanol–water partition coefficient (Wildman–Crippen LogP) is 5.47. The van der Waals surface area contributed by atoms with Gasteiger partial charge in [0.2, 0.25) is 5.43 Å². The number of benzene rings is 2. The minimum atomic E-state index is -0.0754. The number of phenols is 1. The summed E-state index contributed by atoms with van der Waals surface area (Å²) < 4.78 is 7.03. The van der Waals surface area contributed by atoms with Crippen molar-refractivity contribution < 1.29 is 9.52 Å². The van der Waals surface area contributed by atoms with Gasteiger partial charge < -0.3 is 14.4 Å². The first kappa shape index (κ1) is 19.6. The highest BCUT2D eigenvalue weighted by atomic mass is 79.9. The Kier molecular flexibility index (Phi) is 6.02. The molecule has 1 aromatic heterocycles. The summed E-state index contributed by atoms with van der Waals surface area (Å²) in [6, 6.07) is 10.8. The molecule has 5 heteroatoms. The Morgan fingerprint density at radius 1 is 1.15 bits per heavy atom. The van der Waals surface area contributed by atoms with Gasteiger partial charge in [0.05, 0.1) is 16.5 Å². The average Bonchev–Trinajstić information content (AvgIpc) is 2.64. The average molecular weight is 430 g/mol. The molecule has 0 radical (unpaired) electrons. The fourth-order valence-electron chi connectivity index (χ4n) is 3.29. The zero-order valence-corrected chi connectivity index (χ0v) is 17.5. The minimum absolute atomic E-state index is 0.0754. The molecule has 0 saturated heterocycles. The van der Waals surface area contributed by atoms with E-state index in [4.69, 9.17) is 4.42 Å². The Morgan fingerprint density at radius 2 is 1.85 bits per heavy atom. The van der Waals surface area contributed by atoms with Gasteiger partial charge in [-0.2, -0.15) is 0 Å². The Hall–Kier alpha value is -2.11. The van der Waals surface area contributed by atoms with E-state index < -0.39 is 0 Å². The lowest BCUT2D eigenvalue weighted by molar-refractivity contribution is 0.314. The first-order chi connectivity index (χ1) is 12.9. The summed E-state index contributed by atoms with van der Waals surface area (Å²) in [5.74, 6) is 0.711. The largest absolute Gasteiger partial charge is 0.507 e. The smallest absolute Gasteiger partial charge is 0.200 e. The molecule has 0 saturated carbocycles. The number of nitrogens with zero attached hydrogens (tertiary/aromatic N) is 1. The predicted molar refractivity (Wildman–Crippen MR) is 113 cm³/mol. The standard InChI is InChI=1S/C22H24BrNO3/c1-4-5-12-24(3)13-18-19(25)11-10-17-21(26)20(14(2)27-22(17)18)15-6-8-16(23)9-7-15/h6-11,25H,4-5,12-13H2,1-3H3. The normalized spacial score (nSPS) is 11.4. The molecule has 0 spiro atoms. The number of aromatic hydroxyl groups is 1. The van der Waals surface area contributed by atoms with Crippen molar-refractivity contribution in [2.75, 3.05) is 13.6 Å². The van der Waals surface area contributed by atoms with Crippen molar-refractivity contribution in [1.82, 2.24) is 4.90 Å². The molecule has 0 aliphatic carbocycles. The van der Waals surface area contributed by atoms with Gasteiger partial charge in [0.15, 0.2) is 0 Å². The van der Waals surface area contributed by atoms with E-state index >= 15 is 0 Å². The molecule has 27 heavy (non-hydrogen) atoms. The number of halogens is 1. The van der Waals surface area contributed by atoms with Crippen LogP contribution in [0.1, 0.15) is 31.1 Å². The van der Waals surface area contributed by atoms with E-state index in [9.17, 15) is 9.90 Å². The quantitative estimate of drug-likeness (QED) is 0.564. The second-order valence-corrected chi connectivity index (χ2v) is 7.82. The number of hydrogen-bond donors (Lipinski definition) is 1. The number of unbranched alkanes of at least 4 members (excludes halogenated alkanes) is 1. The van der Waals surface area contributed by atoms with Crippen LogP contribution in [0.4, 0.5) is 0 Å². The first-order valence-electron chi connectivity index (χ1n) is 9.15. The Labute approximate surface area is 167 Å². The Bertz CT molecular complexity index is 1010. The Balaban J connectivity index is 2.13. The van der Waals surface area contributed by atoms with Gasteiger partial charge in [0, 0.05) is 11.0 Å². The molecule has 1 heterocycles. The number of aryl methyl sites for hydroxylation is 1. The van der Waals surface area contributed by atoms with E-state index in [1.165, 1.54) is 0 Å². The maximum atomic E-state index is 13.2. The summed E-state index contributed by atoms with van der Waals surface area (Å²) in [5.41, 5.74) is 2.44. The molecule has 142 valence electrons. The van der Waals surface area contributed by atoms with Crippen molar-refractivity contribution in [2.24, 2.45) is 0 Å². The SMILES string of the molecule is CCCCN(C)Cc1c(O)ccc2c(=O)c(-c3ccc(Br)cc3)c(C)oc12. The molecular weight excluding hydrogens is 406 g/mol. The number of phenolic OH excluding ortho intramolecular Hbond substituents is 1. The fraction of sp³-hybridized carbons (Fsp3) is 0.318. The van der Waals surface area contributed by atoms with Gasteiger partial charge in [0.1, 0.15) is 17.1 Å². The monoisotopic (exact) mass is 429 g/mol. The Morgan fingerprint density at radius 3 is 2.52 bits per heavy atom. The first-order valence-corrected chi connectivity index (χ1v) is 9.94. The van der Waals surface area contributed by atoms with Crippen LogP contribution in [0.2, 0.25) is 0 Å². The van der Waals surface area contributed by atoms with Gasteiger partial charge >= 0.3 is 0 Å². The maximum absolute atomic E-state index is 13.2. The molecule has 0 atom stereocenters. The van der Waals surface area contributed by atoms with Gasteiger partial charge in [-0.3, -0.25) is 4.79 Å². The number of rotatable bonds is 6. The van der Waals surface area contributed by atoms with Crippen molar-refractivity contribution in [1.29, 1.82) is 0 Å². The molecule has 4 nitrogen and oxygen atoms in total. The topological polar surface area (TPSA) is 53.7 Å². The minimum Gasteiger partial charge on any atom is -0.507 e. The molecular formula is C22H24BrNO3. The molecule has 0 unspecified atom stereocenters. The van der Waals surface area contributed by atoms with Gasteiger partial charge in [-0.05, 0) is 56.8 Å². The third-order valence-corrected chi connectivity index (χ3v) is 5.30. The highest BCUT2D eigenvalue weighted by Crippen LogP contribution is 2.31. The lowest BCUT2D eigenvalue weighted by Crippen LogP contribution is -2.19. The van der Waals surface area contributed by atoms with E-state index in [2.05, 4.69) is 27.8 Å². The van der Waals surface area contributed by atoms with Crippen molar-refractivity contribution in [3.05, 3.63) is 62.4 Å². The molecule has 0 aliphatic rings. The second-order valence-electron chi connectivity index (χ2n) is 6.90. The van der Waals surface area contributed by atoms with Gasteiger partial charge in [0.25, 0.3) is 0 Å². The third-order valence-electron chi connectivity index (χ3n) is 4.77. The second kappa shape index (κ2) is 8.28. The van der Waals surface area contributed by atoms with Crippen LogP contribution < -0.4 is 5.43 Å². The van der Waals surface area contributed by atoms with Crippen LogP contribution in [0.25, 0.3) is 22.1 Å². The highest BCUT2D eigenvalue weighted by molar-refractivity contribution is 9.10. The molecule has 3 rings (SSSR count). The third kappa shape index (κ3) is 4.09. The van der Waals surface area contributed by atoms with E-state index in [1.807, 2.05) is 31.3 Å². The molecule has 0 fully saturated rings. The maximum Gasteiger partial charge on any atom is 0.200 e. The van der Waals surface area contributed by atoms with Crippen LogP contribution in [0.3, 0.4) is 0 Å². The summed E-state index contributed by atoms with van der Waals surface area (Å²) in [5, 5.41) is 10.9. The van der Waals surface area contributed by atoms with E-state index in [0.29, 0.717) is 34.4 Å². The molecule has 0 bridgehead atoms. The molecule has 3 aromatic rings. The van der Waals surface area contributed by atoms with Gasteiger partial charge in [-0.1, -0.05) is 41.4 Å². The van der Waals surface area contributed by atoms with E-state index in [1.54, 1.807) is 19.1 Å². The summed E-state index contributed by atoms with van der Waals surface area (Å²) in [6.07, 6.45) is 2.19. The molecule has 0 amide bonds.